The van der Waals surface area contributed by atoms with Gasteiger partial charge in [-0.3, -0.25) is 4.90 Å². The molecule has 1 saturated heterocycles. The molecule has 0 aromatic carbocycles. The van der Waals surface area contributed by atoms with Crippen LogP contribution >= 0.6 is 0 Å². The van der Waals surface area contributed by atoms with E-state index in [1.807, 2.05) is 6.07 Å². The molecule has 2 rings (SSSR count). The number of anilines is 1. The number of rotatable bonds is 4. The fraction of sp³-hybridized carbons (Fsp3) is 0.571. The van der Waals surface area contributed by atoms with E-state index >= 15 is 0 Å². The minimum atomic E-state index is -4.11. The maximum Gasteiger partial charge on any atom is 0.401 e. The van der Waals surface area contributed by atoms with Gasteiger partial charge in [0.15, 0.2) is 0 Å². The number of piperidine rings is 1. The Bertz CT molecular complexity index is 484. The highest BCUT2D eigenvalue weighted by molar-refractivity contribution is 5.38. The van der Waals surface area contributed by atoms with Crippen molar-refractivity contribution in [3.8, 4) is 6.07 Å². The maximum atomic E-state index is 12.3. The van der Waals surface area contributed by atoms with Crippen molar-refractivity contribution in [2.24, 2.45) is 5.92 Å². The summed E-state index contributed by atoms with van der Waals surface area (Å²) in [6.07, 6.45) is -1.12. The fourth-order valence-electron chi connectivity index (χ4n) is 2.42. The van der Waals surface area contributed by atoms with Gasteiger partial charge >= 0.3 is 6.18 Å². The van der Waals surface area contributed by atoms with E-state index in [0.717, 1.165) is 12.8 Å². The van der Waals surface area contributed by atoms with Crippen LogP contribution in [0.15, 0.2) is 18.3 Å². The lowest BCUT2D eigenvalue weighted by atomic mass is 9.97. The zero-order valence-electron chi connectivity index (χ0n) is 11.5. The number of nitriles is 1. The summed E-state index contributed by atoms with van der Waals surface area (Å²) in [5.41, 5.74) is 0.501. The average Bonchev–Trinajstić information content (AvgIpc) is 2.45. The monoisotopic (exact) mass is 298 g/mol. The Morgan fingerprint density at radius 2 is 2.05 bits per heavy atom. The van der Waals surface area contributed by atoms with E-state index in [1.165, 1.54) is 11.1 Å². The summed E-state index contributed by atoms with van der Waals surface area (Å²) in [5, 5.41) is 11.8. The Balaban J connectivity index is 1.72. The molecule has 7 heteroatoms. The molecule has 1 aliphatic rings. The third-order valence-electron chi connectivity index (χ3n) is 3.57. The smallest absolute Gasteiger partial charge is 0.370 e. The predicted octanol–water partition coefficient (Wildman–Crippen LogP) is 2.64. The van der Waals surface area contributed by atoms with E-state index in [4.69, 9.17) is 5.26 Å². The van der Waals surface area contributed by atoms with Crippen molar-refractivity contribution in [3.63, 3.8) is 0 Å². The number of likely N-dealkylation sites (tertiary alicyclic amines) is 1. The third kappa shape index (κ3) is 5.23. The molecule has 0 spiro atoms. The van der Waals surface area contributed by atoms with Crippen molar-refractivity contribution in [1.82, 2.24) is 9.88 Å². The molecule has 0 amide bonds. The number of aromatic nitrogens is 1. The van der Waals surface area contributed by atoms with Crippen LogP contribution < -0.4 is 5.32 Å². The average molecular weight is 298 g/mol. The lowest BCUT2D eigenvalue weighted by Crippen LogP contribution is -2.41. The zero-order valence-corrected chi connectivity index (χ0v) is 11.5. The minimum Gasteiger partial charge on any atom is -0.370 e. The summed E-state index contributed by atoms with van der Waals surface area (Å²) < 4.78 is 36.9. The Hall–Kier alpha value is -1.81. The fourth-order valence-corrected chi connectivity index (χ4v) is 2.42. The second-order valence-electron chi connectivity index (χ2n) is 5.26. The summed E-state index contributed by atoms with van der Waals surface area (Å²) in [7, 11) is 0. The van der Waals surface area contributed by atoms with Gasteiger partial charge in [-0.15, -0.1) is 0 Å². The lowest BCUT2D eigenvalue weighted by Gasteiger charge is -2.32. The summed E-state index contributed by atoms with van der Waals surface area (Å²) in [5.74, 6) is 1.04. The molecule has 1 aliphatic heterocycles. The van der Waals surface area contributed by atoms with Crippen LogP contribution in [0.25, 0.3) is 0 Å². The van der Waals surface area contributed by atoms with Crippen molar-refractivity contribution in [1.29, 1.82) is 5.26 Å². The van der Waals surface area contributed by atoms with E-state index in [1.54, 1.807) is 12.1 Å². The van der Waals surface area contributed by atoms with Crippen LogP contribution in [-0.4, -0.2) is 42.2 Å². The number of hydrogen-bond acceptors (Lipinski definition) is 4. The normalized spacial score (nSPS) is 17.4. The van der Waals surface area contributed by atoms with Crippen molar-refractivity contribution in [3.05, 3.63) is 23.9 Å². The molecule has 0 saturated carbocycles. The third-order valence-corrected chi connectivity index (χ3v) is 3.57. The first kappa shape index (κ1) is 15.6. The van der Waals surface area contributed by atoms with Crippen LogP contribution in [0, 0.1) is 17.2 Å². The molecule has 0 radical (unpaired) electrons. The van der Waals surface area contributed by atoms with Crippen molar-refractivity contribution in [2.75, 3.05) is 31.5 Å². The van der Waals surface area contributed by atoms with Gasteiger partial charge in [0.1, 0.15) is 11.9 Å². The molecular formula is C14H17F3N4. The van der Waals surface area contributed by atoms with Gasteiger partial charge in [0.05, 0.1) is 12.1 Å². The van der Waals surface area contributed by atoms with Gasteiger partial charge < -0.3 is 5.32 Å². The van der Waals surface area contributed by atoms with E-state index in [2.05, 4.69) is 10.3 Å². The molecule has 1 aromatic rings. The number of pyridine rings is 1. The standard InChI is InChI=1S/C14H17F3N4/c15-14(16,17)10-21-5-3-11(4-6-21)8-19-13-2-1-12(7-18)9-20-13/h1-2,9,11H,3-6,8,10H2,(H,19,20). The second kappa shape index (κ2) is 6.76. The van der Waals surface area contributed by atoms with Gasteiger partial charge in [0.2, 0.25) is 0 Å². The van der Waals surface area contributed by atoms with Gasteiger partial charge in [-0.1, -0.05) is 0 Å². The van der Waals surface area contributed by atoms with Crippen LogP contribution in [0.2, 0.25) is 0 Å². The highest BCUT2D eigenvalue weighted by Crippen LogP contribution is 2.22. The van der Waals surface area contributed by atoms with E-state index in [9.17, 15) is 13.2 Å². The Labute approximate surface area is 121 Å². The molecule has 0 bridgehead atoms. The van der Waals surface area contributed by atoms with Gasteiger partial charge in [0, 0.05) is 12.7 Å². The first-order valence-electron chi connectivity index (χ1n) is 6.85. The maximum absolute atomic E-state index is 12.3. The predicted molar refractivity (Wildman–Crippen MR) is 72.7 cm³/mol. The van der Waals surface area contributed by atoms with Crippen LogP contribution in [0.1, 0.15) is 18.4 Å². The van der Waals surface area contributed by atoms with E-state index in [-0.39, 0.29) is 0 Å². The number of nitrogens with one attached hydrogen (secondary N) is 1. The number of halogens is 3. The van der Waals surface area contributed by atoms with Crippen molar-refractivity contribution >= 4 is 5.82 Å². The first-order chi connectivity index (χ1) is 9.96. The number of nitrogens with zero attached hydrogens (tertiary/aromatic N) is 3. The SMILES string of the molecule is N#Cc1ccc(NCC2CCN(CC(F)(F)F)CC2)nc1. The van der Waals surface area contributed by atoms with Crippen molar-refractivity contribution in [2.45, 2.75) is 19.0 Å². The van der Waals surface area contributed by atoms with Crippen LogP contribution in [0.5, 0.6) is 0 Å². The molecule has 114 valence electrons. The molecule has 2 heterocycles. The molecule has 4 nitrogen and oxygen atoms in total. The van der Waals surface area contributed by atoms with Gasteiger partial charge in [-0.05, 0) is 44.0 Å². The van der Waals surface area contributed by atoms with Gasteiger partial charge in [0.25, 0.3) is 0 Å². The minimum absolute atomic E-state index is 0.354. The summed E-state index contributed by atoms with van der Waals surface area (Å²) in [4.78, 5) is 5.56. The molecule has 0 aliphatic carbocycles. The largest absolute Gasteiger partial charge is 0.401 e. The Morgan fingerprint density at radius 1 is 1.33 bits per heavy atom. The zero-order chi connectivity index (χ0) is 15.3. The molecule has 1 aromatic heterocycles. The van der Waals surface area contributed by atoms with Crippen LogP contribution in [-0.2, 0) is 0 Å². The summed E-state index contributed by atoms with van der Waals surface area (Å²) in [6.45, 7) is 0.836. The van der Waals surface area contributed by atoms with Gasteiger partial charge in [-0.2, -0.15) is 18.4 Å². The summed E-state index contributed by atoms with van der Waals surface area (Å²) >= 11 is 0. The summed E-state index contributed by atoms with van der Waals surface area (Å²) in [6, 6.07) is 5.41. The highest BCUT2D eigenvalue weighted by Gasteiger charge is 2.32. The molecule has 1 fully saturated rings. The molecule has 1 N–H and O–H groups in total. The Morgan fingerprint density at radius 3 is 2.57 bits per heavy atom. The second-order valence-corrected chi connectivity index (χ2v) is 5.26. The van der Waals surface area contributed by atoms with Crippen LogP contribution in [0.3, 0.4) is 0 Å². The Kier molecular flexibility index (Phi) is 5.02. The molecule has 0 unspecified atom stereocenters. The lowest BCUT2D eigenvalue weighted by molar-refractivity contribution is -0.148. The topological polar surface area (TPSA) is 52.0 Å². The number of hydrogen-bond donors (Lipinski definition) is 1. The molecule has 21 heavy (non-hydrogen) atoms. The van der Waals surface area contributed by atoms with Crippen molar-refractivity contribution < 1.29 is 13.2 Å². The first-order valence-corrected chi connectivity index (χ1v) is 6.85. The van der Waals surface area contributed by atoms with E-state index in [0.29, 0.717) is 36.9 Å². The molecule has 0 atom stereocenters. The number of alkyl halides is 3. The van der Waals surface area contributed by atoms with Crippen LogP contribution in [0.4, 0.5) is 19.0 Å². The van der Waals surface area contributed by atoms with Gasteiger partial charge in [-0.25, -0.2) is 4.98 Å². The quantitative estimate of drug-likeness (QED) is 0.928. The highest BCUT2D eigenvalue weighted by atomic mass is 19.4. The molecular weight excluding hydrogens is 281 g/mol. The van der Waals surface area contributed by atoms with E-state index < -0.39 is 12.7 Å².